The molecule has 0 aliphatic heterocycles. The molecule has 1 rings (SSSR count). The molecule has 0 aromatic carbocycles. The highest BCUT2D eigenvalue weighted by molar-refractivity contribution is 5.05. The van der Waals surface area contributed by atoms with Crippen LogP contribution in [0.15, 0.2) is 4.42 Å². The third kappa shape index (κ3) is 2.85. The van der Waals surface area contributed by atoms with Crippen molar-refractivity contribution in [2.75, 3.05) is 0 Å². The van der Waals surface area contributed by atoms with Crippen LogP contribution in [0.1, 0.15) is 57.4 Å². The van der Waals surface area contributed by atoms with Gasteiger partial charge in [-0.3, -0.25) is 0 Å². The molecule has 0 bridgehead atoms. The highest BCUT2D eigenvalue weighted by Gasteiger charge is 2.23. The first-order valence-corrected chi connectivity index (χ1v) is 6.24. The van der Waals surface area contributed by atoms with Gasteiger partial charge in [-0.15, -0.1) is 0 Å². The van der Waals surface area contributed by atoms with E-state index in [1.54, 1.807) is 0 Å². The van der Waals surface area contributed by atoms with Crippen LogP contribution in [0.5, 0.6) is 0 Å². The molecule has 1 N–H and O–H groups in total. The van der Waals surface area contributed by atoms with Crippen molar-refractivity contribution >= 4 is 0 Å². The number of nitrogens with one attached hydrogen (secondary N) is 1. The fourth-order valence-electron chi connectivity index (χ4n) is 2.00. The molecule has 0 saturated heterocycles. The van der Waals surface area contributed by atoms with Gasteiger partial charge >= 0.3 is 0 Å². The largest absolute Gasteiger partial charge is 0.444 e. The maximum Gasteiger partial charge on any atom is 0.208 e. The van der Waals surface area contributed by atoms with Crippen LogP contribution in [0.4, 0.5) is 0 Å². The minimum atomic E-state index is 0.232. The Morgan fingerprint density at radius 3 is 2.06 bits per heavy atom. The Bertz CT molecular complexity index is 299. The lowest BCUT2D eigenvalue weighted by Gasteiger charge is -2.31. The zero-order valence-electron chi connectivity index (χ0n) is 11.2. The van der Waals surface area contributed by atoms with E-state index in [0.717, 1.165) is 43.2 Å². The van der Waals surface area contributed by atoms with Crippen molar-refractivity contribution < 1.29 is 4.42 Å². The summed E-state index contributed by atoms with van der Waals surface area (Å²) in [6, 6.07) is 0. The number of oxazole rings is 1. The van der Waals surface area contributed by atoms with Crippen LogP contribution < -0.4 is 5.32 Å². The summed E-state index contributed by atoms with van der Waals surface area (Å²) in [6.07, 6.45) is 3.41. The molecule has 92 valence electrons. The third-order valence-electron chi connectivity index (χ3n) is 3.72. The van der Waals surface area contributed by atoms with E-state index in [1.807, 2.05) is 13.8 Å². The van der Waals surface area contributed by atoms with E-state index >= 15 is 0 Å². The van der Waals surface area contributed by atoms with Crippen molar-refractivity contribution in [1.29, 1.82) is 0 Å². The minimum absolute atomic E-state index is 0.232. The van der Waals surface area contributed by atoms with Crippen molar-refractivity contribution in [3.05, 3.63) is 17.3 Å². The molecule has 16 heavy (non-hydrogen) atoms. The van der Waals surface area contributed by atoms with Gasteiger partial charge < -0.3 is 9.73 Å². The molecule has 0 fully saturated rings. The second-order valence-corrected chi connectivity index (χ2v) is 4.44. The Balaban J connectivity index is 2.62. The van der Waals surface area contributed by atoms with Gasteiger partial charge in [-0.25, -0.2) is 4.98 Å². The number of hydrogen-bond donors (Lipinski definition) is 1. The number of nitrogens with zero attached hydrogens (tertiary/aromatic N) is 1. The van der Waals surface area contributed by atoms with Gasteiger partial charge in [0.25, 0.3) is 0 Å². The summed E-state index contributed by atoms with van der Waals surface area (Å²) in [5.74, 6) is 1.72. The average Bonchev–Trinajstić information content (AvgIpc) is 2.61. The van der Waals surface area contributed by atoms with E-state index in [1.165, 1.54) is 0 Å². The molecule has 1 heterocycles. The van der Waals surface area contributed by atoms with Gasteiger partial charge in [0.1, 0.15) is 5.76 Å². The second-order valence-electron chi connectivity index (χ2n) is 4.44. The third-order valence-corrected chi connectivity index (χ3v) is 3.72. The Morgan fingerprint density at radius 2 is 1.69 bits per heavy atom. The molecule has 1 aromatic heterocycles. The minimum Gasteiger partial charge on any atom is -0.444 e. The molecular formula is C13H24N2O. The summed E-state index contributed by atoms with van der Waals surface area (Å²) in [7, 11) is 0. The number of hydrogen-bond acceptors (Lipinski definition) is 3. The molecule has 1 aromatic rings. The van der Waals surface area contributed by atoms with Gasteiger partial charge in [0.2, 0.25) is 5.89 Å². The lowest BCUT2D eigenvalue weighted by atomic mass is 9.90. The first-order chi connectivity index (χ1) is 7.56. The first kappa shape index (κ1) is 13.2. The molecule has 0 amide bonds. The predicted octanol–water partition coefficient (Wildman–Crippen LogP) is 3.35. The summed E-state index contributed by atoms with van der Waals surface area (Å²) in [5.41, 5.74) is 1.22. The predicted molar refractivity (Wildman–Crippen MR) is 66.4 cm³/mol. The molecule has 0 saturated carbocycles. The van der Waals surface area contributed by atoms with Gasteiger partial charge in [0.15, 0.2) is 0 Å². The summed E-state index contributed by atoms with van der Waals surface area (Å²) in [6.45, 7) is 11.3. The van der Waals surface area contributed by atoms with E-state index in [2.05, 4.69) is 31.1 Å². The van der Waals surface area contributed by atoms with E-state index in [4.69, 9.17) is 4.42 Å². The lowest BCUT2D eigenvalue weighted by molar-refractivity contribution is 0.273. The van der Waals surface area contributed by atoms with E-state index in [9.17, 15) is 0 Å². The van der Waals surface area contributed by atoms with Crippen molar-refractivity contribution in [1.82, 2.24) is 10.3 Å². The summed E-state index contributed by atoms with van der Waals surface area (Å²) in [5, 5.41) is 3.58. The quantitative estimate of drug-likeness (QED) is 0.805. The van der Waals surface area contributed by atoms with Crippen LogP contribution in [0.25, 0.3) is 0 Å². The van der Waals surface area contributed by atoms with E-state index in [0.29, 0.717) is 0 Å². The Labute approximate surface area is 98.6 Å². The van der Waals surface area contributed by atoms with E-state index < -0.39 is 0 Å². The Hall–Kier alpha value is -0.830. The van der Waals surface area contributed by atoms with Crippen molar-refractivity contribution in [2.24, 2.45) is 0 Å². The molecule has 0 radical (unpaired) electrons. The van der Waals surface area contributed by atoms with Crippen LogP contribution in [0.2, 0.25) is 0 Å². The van der Waals surface area contributed by atoms with Crippen LogP contribution in [0, 0.1) is 13.8 Å². The Morgan fingerprint density at radius 1 is 1.12 bits per heavy atom. The lowest BCUT2D eigenvalue weighted by Crippen LogP contribution is -2.43. The van der Waals surface area contributed by atoms with E-state index in [-0.39, 0.29) is 5.54 Å². The van der Waals surface area contributed by atoms with Gasteiger partial charge in [-0.1, -0.05) is 20.8 Å². The maximum absolute atomic E-state index is 5.57. The van der Waals surface area contributed by atoms with Gasteiger partial charge in [-0.05, 0) is 33.1 Å². The van der Waals surface area contributed by atoms with Crippen LogP contribution >= 0.6 is 0 Å². The van der Waals surface area contributed by atoms with Crippen molar-refractivity contribution in [2.45, 2.75) is 66.0 Å². The summed E-state index contributed by atoms with van der Waals surface area (Å²) < 4.78 is 5.57. The monoisotopic (exact) mass is 224 g/mol. The molecule has 0 unspecified atom stereocenters. The molecule has 0 aliphatic rings. The van der Waals surface area contributed by atoms with Crippen LogP contribution in [-0.4, -0.2) is 10.5 Å². The fourth-order valence-corrected chi connectivity index (χ4v) is 2.00. The molecule has 3 nitrogen and oxygen atoms in total. The highest BCUT2D eigenvalue weighted by atomic mass is 16.4. The molecule has 0 atom stereocenters. The number of rotatable bonds is 6. The number of aryl methyl sites for hydroxylation is 2. The smallest absolute Gasteiger partial charge is 0.208 e. The van der Waals surface area contributed by atoms with Crippen LogP contribution in [-0.2, 0) is 6.54 Å². The van der Waals surface area contributed by atoms with Crippen molar-refractivity contribution in [3.63, 3.8) is 0 Å². The topological polar surface area (TPSA) is 38.1 Å². The first-order valence-electron chi connectivity index (χ1n) is 6.24. The van der Waals surface area contributed by atoms with Gasteiger partial charge in [0, 0.05) is 5.54 Å². The summed E-state index contributed by atoms with van der Waals surface area (Å²) >= 11 is 0. The standard InChI is InChI=1S/C13H24N2O/c1-6-13(7-2,8-3)14-9-12-15-10(4)11(5)16-12/h14H,6-9H2,1-5H3. The molecular weight excluding hydrogens is 200 g/mol. The fraction of sp³-hybridized carbons (Fsp3) is 0.769. The zero-order chi connectivity index (χ0) is 12.2. The molecule has 0 aliphatic carbocycles. The second kappa shape index (κ2) is 5.48. The highest BCUT2D eigenvalue weighted by Crippen LogP contribution is 2.20. The number of aromatic nitrogens is 1. The maximum atomic E-state index is 5.57. The normalized spacial score (nSPS) is 12.1. The zero-order valence-corrected chi connectivity index (χ0v) is 11.2. The summed E-state index contributed by atoms with van der Waals surface area (Å²) in [4.78, 5) is 4.39. The molecule has 3 heteroatoms. The van der Waals surface area contributed by atoms with Crippen molar-refractivity contribution in [3.8, 4) is 0 Å². The SMILES string of the molecule is CCC(CC)(CC)NCc1nc(C)c(C)o1. The Kier molecular flexibility index (Phi) is 4.54. The van der Waals surface area contributed by atoms with Crippen LogP contribution in [0.3, 0.4) is 0 Å². The molecule has 0 spiro atoms. The van der Waals surface area contributed by atoms with Gasteiger partial charge in [-0.2, -0.15) is 0 Å². The average molecular weight is 224 g/mol. The van der Waals surface area contributed by atoms with Gasteiger partial charge in [0.05, 0.1) is 12.2 Å².